The lowest BCUT2D eigenvalue weighted by molar-refractivity contribution is -0.140. The summed E-state index contributed by atoms with van der Waals surface area (Å²) in [5.74, 6) is 0.0430. The van der Waals surface area contributed by atoms with E-state index in [1.807, 2.05) is 29.8 Å². The second-order valence-corrected chi connectivity index (χ2v) is 7.45. The zero-order chi connectivity index (χ0) is 17.4. The first kappa shape index (κ1) is 18.0. The largest absolute Gasteiger partial charge is 0.391 e. The number of halogens is 2. The van der Waals surface area contributed by atoms with E-state index >= 15 is 0 Å². The molecular weight excluding hydrogens is 351 g/mol. The molecule has 5 nitrogen and oxygen atoms in total. The Balaban J connectivity index is 1.74. The number of morpholine rings is 1. The first-order chi connectivity index (χ1) is 11.4. The number of carbonyl (C=O) groups is 1. The molecular formula is C17H22Cl2N2O3. The van der Waals surface area contributed by atoms with Crippen molar-refractivity contribution in [3.8, 4) is 0 Å². The van der Waals surface area contributed by atoms with Gasteiger partial charge in [0.25, 0.3) is 0 Å². The lowest BCUT2D eigenvalue weighted by atomic mass is 10.1. The average Bonchev–Trinajstić information content (AvgIpc) is 2.83. The van der Waals surface area contributed by atoms with Crippen molar-refractivity contribution < 1.29 is 14.6 Å². The van der Waals surface area contributed by atoms with Crippen molar-refractivity contribution in [2.75, 3.05) is 33.3 Å². The summed E-state index contributed by atoms with van der Waals surface area (Å²) < 4.78 is 5.48. The van der Waals surface area contributed by atoms with Gasteiger partial charge in [-0.25, -0.2) is 0 Å². The second-order valence-electron chi connectivity index (χ2n) is 6.61. The lowest BCUT2D eigenvalue weighted by Gasteiger charge is -2.34. The maximum atomic E-state index is 12.6. The number of hydrogen-bond acceptors (Lipinski definition) is 4. The van der Waals surface area contributed by atoms with Crippen molar-refractivity contribution in [3.05, 3.63) is 33.3 Å². The van der Waals surface area contributed by atoms with Crippen LogP contribution in [0.25, 0.3) is 0 Å². The van der Waals surface area contributed by atoms with E-state index in [0.717, 1.165) is 11.1 Å². The molecule has 0 saturated carbocycles. The number of hydrogen-bond donors (Lipinski definition) is 1. The molecule has 1 heterocycles. The number of nitrogens with zero attached hydrogens (tertiary/aromatic N) is 2. The minimum absolute atomic E-state index is 0.0430. The van der Waals surface area contributed by atoms with Crippen molar-refractivity contribution in [1.82, 2.24) is 9.80 Å². The smallest absolute Gasteiger partial charge is 0.236 e. The van der Waals surface area contributed by atoms with E-state index in [2.05, 4.69) is 0 Å². The van der Waals surface area contributed by atoms with Crippen LogP contribution in [-0.4, -0.2) is 66.3 Å². The molecule has 0 aromatic heterocycles. The van der Waals surface area contributed by atoms with Crippen LogP contribution in [0.3, 0.4) is 0 Å². The fourth-order valence-corrected chi connectivity index (χ4v) is 4.20. The Morgan fingerprint density at radius 3 is 2.92 bits per heavy atom. The summed E-state index contributed by atoms with van der Waals surface area (Å²) in [4.78, 5) is 16.3. The van der Waals surface area contributed by atoms with Crippen molar-refractivity contribution in [1.29, 1.82) is 0 Å². The Morgan fingerprint density at radius 1 is 1.46 bits per heavy atom. The number of benzene rings is 1. The molecule has 3 rings (SSSR count). The Kier molecular flexibility index (Phi) is 5.37. The van der Waals surface area contributed by atoms with Crippen molar-refractivity contribution in [2.45, 2.75) is 31.6 Å². The SMILES string of the molecule is CC1CN(C(=O)CN(C)C2c3cc(Cl)cc(Cl)c3CC2O)CCO1. The molecule has 1 amide bonds. The third kappa shape index (κ3) is 3.55. The van der Waals surface area contributed by atoms with Crippen LogP contribution in [0.2, 0.25) is 10.0 Å². The van der Waals surface area contributed by atoms with E-state index in [4.69, 9.17) is 27.9 Å². The van der Waals surface area contributed by atoms with Crippen LogP contribution in [0.1, 0.15) is 24.1 Å². The molecule has 3 unspecified atom stereocenters. The van der Waals surface area contributed by atoms with Crippen molar-refractivity contribution >= 4 is 29.1 Å². The third-order valence-electron chi connectivity index (χ3n) is 4.74. The quantitative estimate of drug-likeness (QED) is 0.882. The Morgan fingerprint density at radius 2 is 2.21 bits per heavy atom. The number of rotatable bonds is 3. The standard InChI is InChI=1S/C17H22Cl2N2O3/c1-10-8-21(3-4-24-10)16(23)9-20(2)17-13-5-11(18)6-14(19)12(13)7-15(17)22/h5-6,10,15,17,22H,3-4,7-9H2,1-2H3. The second kappa shape index (κ2) is 7.18. The highest BCUT2D eigenvalue weighted by atomic mass is 35.5. The van der Waals surface area contributed by atoms with Crippen LogP contribution in [-0.2, 0) is 16.0 Å². The number of fused-ring (bicyclic) bond motifs is 1. The molecule has 2 aliphatic rings. The predicted octanol–water partition coefficient (Wildman–Crippen LogP) is 2.13. The number of carbonyl (C=O) groups excluding carboxylic acids is 1. The summed E-state index contributed by atoms with van der Waals surface area (Å²) in [6.45, 7) is 3.98. The zero-order valence-corrected chi connectivity index (χ0v) is 15.3. The molecule has 1 fully saturated rings. The van der Waals surface area contributed by atoms with Crippen LogP contribution in [0.15, 0.2) is 12.1 Å². The van der Waals surface area contributed by atoms with Gasteiger partial charge in [0.1, 0.15) is 0 Å². The van der Waals surface area contributed by atoms with Gasteiger partial charge in [-0.1, -0.05) is 23.2 Å². The maximum Gasteiger partial charge on any atom is 0.236 e. The highest BCUT2D eigenvalue weighted by molar-refractivity contribution is 6.35. The van der Waals surface area contributed by atoms with E-state index in [1.165, 1.54) is 0 Å². The number of ether oxygens (including phenoxy) is 1. The summed E-state index contributed by atoms with van der Waals surface area (Å²) in [7, 11) is 1.85. The van der Waals surface area contributed by atoms with Gasteiger partial charge < -0.3 is 14.7 Å². The van der Waals surface area contributed by atoms with Gasteiger partial charge in [0, 0.05) is 29.6 Å². The van der Waals surface area contributed by atoms with Gasteiger partial charge in [0.15, 0.2) is 0 Å². The van der Waals surface area contributed by atoms with Gasteiger partial charge in [-0.2, -0.15) is 0 Å². The van der Waals surface area contributed by atoms with E-state index in [-0.39, 0.29) is 24.6 Å². The molecule has 1 aromatic carbocycles. The maximum absolute atomic E-state index is 12.6. The van der Waals surface area contributed by atoms with Gasteiger partial charge >= 0.3 is 0 Å². The molecule has 1 aliphatic heterocycles. The van der Waals surface area contributed by atoms with E-state index in [9.17, 15) is 9.90 Å². The molecule has 1 aliphatic carbocycles. The van der Waals surface area contributed by atoms with Gasteiger partial charge in [-0.3, -0.25) is 9.69 Å². The topological polar surface area (TPSA) is 53.0 Å². The van der Waals surface area contributed by atoms with Crippen LogP contribution in [0, 0.1) is 0 Å². The summed E-state index contributed by atoms with van der Waals surface area (Å²) >= 11 is 12.4. The van der Waals surface area contributed by atoms with Gasteiger partial charge in [0.2, 0.25) is 5.91 Å². The minimum Gasteiger partial charge on any atom is -0.391 e. The Labute approximate surface area is 152 Å². The summed E-state index contributed by atoms with van der Waals surface area (Å²) in [6, 6.07) is 3.25. The van der Waals surface area contributed by atoms with Crippen molar-refractivity contribution in [3.63, 3.8) is 0 Å². The number of aliphatic hydroxyl groups is 1. The minimum atomic E-state index is -0.600. The number of amides is 1. The molecule has 0 spiro atoms. The molecule has 1 saturated heterocycles. The van der Waals surface area contributed by atoms with E-state index in [0.29, 0.717) is 36.2 Å². The molecule has 3 atom stereocenters. The van der Waals surface area contributed by atoms with Crippen LogP contribution < -0.4 is 0 Å². The Bertz CT molecular complexity index is 641. The van der Waals surface area contributed by atoms with E-state index < -0.39 is 6.10 Å². The van der Waals surface area contributed by atoms with Gasteiger partial charge in [-0.15, -0.1) is 0 Å². The van der Waals surface area contributed by atoms with Crippen molar-refractivity contribution in [2.24, 2.45) is 0 Å². The van der Waals surface area contributed by atoms with Crippen LogP contribution in [0.5, 0.6) is 0 Å². The molecule has 0 bridgehead atoms. The average molecular weight is 373 g/mol. The first-order valence-electron chi connectivity index (χ1n) is 8.12. The zero-order valence-electron chi connectivity index (χ0n) is 13.8. The summed E-state index contributed by atoms with van der Waals surface area (Å²) in [5, 5.41) is 11.6. The highest BCUT2D eigenvalue weighted by Gasteiger charge is 2.37. The summed E-state index contributed by atoms with van der Waals surface area (Å²) in [6.07, 6.45) is -0.0656. The molecule has 1 N–H and O–H groups in total. The predicted molar refractivity (Wildman–Crippen MR) is 93.5 cm³/mol. The fourth-order valence-electron chi connectivity index (χ4n) is 3.62. The molecule has 0 radical (unpaired) electrons. The van der Waals surface area contributed by atoms with Gasteiger partial charge in [-0.05, 0) is 37.2 Å². The number of aliphatic hydroxyl groups excluding tert-OH is 1. The molecule has 24 heavy (non-hydrogen) atoms. The molecule has 132 valence electrons. The molecule has 7 heteroatoms. The fraction of sp³-hybridized carbons (Fsp3) is 0.588. The van der Waals surface area contributed by atoms with Gasteiger partial charge in [0.05, 0.1) is 31.4 Å². The monoisotopic (exact) mass is 372 g/mol. The lowest BCUT2D eigenvalue weighted by Crippen LogP contribution is -2.48. The third-order valence-corrected chi connectivity index (χ3v) is 5.30. The molecule has 1 aromatic rings. The first-order valence-corrected chi connectivity index (χ1v) is 8.88. The van der Waals surface area contributed by atoms with Crippen LogP contribution in [0.4, 0.5) is 0 Å². The van der Waals surface area contributed by atoms with Crippen LogP contribution >= 0.6 is 23.2 Å². The Hall–Kier alpha value is -0.850. The summed E-state index contributed by atoms with van der Waals surface area (Å²) in [5.41, 5.74) is 1.82. The van der Waals surface area contributed by atoms with E-state index in [1.54, 1.807) is 6.07 Å². The normalized spacial score (nSPS) is 26.8. The highest BCUT2D eigenvalue weighted by Crippen LogP contribution is 2.40. The number of likely N-dealkylation sites (N-methyl/N-ethyl adjacent to an activating group) is 1.